The number of nitrogens with one attached hydrogen (secondary N) is 2. The van der Waals surface area contributed by atoms with Crippen molar-refractivity contribution in [3.63, 3.8) is 0 Å². The molecule has 0 heterocycles. The van der Waals surface area contributed by atoms with Gasteiger partial charge in [-0.05, 0) is 26.0 Å². The molecule has 0 aliphatic carbocycles. The Kier molecular flexibility index (Phi) is 7.73. The van der Waals surface area contributed by atoms with E-state index in [9.17, 15) is 4.79 Å². The van der Waals surface area contributed by atoms with Crippen molar-refractivity contribution in [2.24, 2.45) is 0 Å². The minimum atomic E-state index is 0.0312. The first-order valence-electron chi connectivity index (χ1n) is 7.44. The van der Waals surface area contributed by atoms with Gasteiger partial charge in [-0.15, -0.1) is 0 Å². The van der Waals surface area contributed by atoms with Gasteiger partial charge >= 0.3 is 0 Å². The zero-order valence-corrected chi connectivity index (χ0v) is 12.7. The van der Waals surface area contributed by atoms with Gasteiger partial charge in [0.25, 0.3) is 0 Å². The van der Waals surface area contributed by atoms with Crippen molar-refractivity contribution in [3.8, 4) is 5.75 Å². The van der Waals surface area contributed by atoms with Crippen LogP contribution in [0.2, 0.25) is 0 Å². The highest BCUT2D eigenvalue weighted by molar-refractivity contribution is 5.75. The van der Waals surface area contributed by atoms with E-state index in [0.717, 1.165) is 24.3 Å². The molecular formula is C16H26N2O2. The normalized spacial score (nSPS) is 11.9. The lowest BCUT2D eigenvalue weighted by Gasteiger charge is -2.20. The van der Waals surface area contributed by atoms with Crippen LogP contribution in [-0.4, -0.2) is 25.6 Å². The number of benzene rings is 1. The van der Waals surface area contributed by atoms with Gasteiger partial charge in [-0.3, -0.25) is 4.79 Å². The lowest BCUT2D eigenvalue weighted by atomic mass is 10.0. The van der Waals surface area contributed by atoms with E-state index in [4.69, 9.17) is 4.74 Å². The van der Waals surface area contributed by atoms with Gasteiger partial charge in [-0.25, -0.2) is 0 Å². The summed E-state index contributed by atoms with van der Waals surface area (Å²) in [5, 5.41) is 6.22. The zero-order chi connectivity index (χ0) is 14.8. The summed E-state index contributed by atoms with van der Waals surface area (Å²) in [4.78, 5) is 11.4. The lowest BCUT2D eigenvalue weighted by Crippen LogP contribution is -2.24. The molecule has 4 nitrogen and oxygen atoms in total. The number of carbonyl (C=O) groups is 1. The molecule has 0 saturated heterocycles. The summed E-state index contributed by atoms with van der Waals surface area (Å²) in [5.41, 5.74) is 1.16. The number of hydrogen-bond donors (Lipinski definition) is 2. The van der Waals surface area contributed by atoms with Crippen LogP contribution in [0, 0.1) is 0 Å². The SMILES string of the molecule is CCNC(=O)CCOc1ccccc1C(CC)NCC. The van der Waals surface area contributed by atoms with E-state index in [0.29, 0.717) is 25.6 Å². The molecule has 4 heteroatoms. The predicted octanol–water partition coefficient (Wildman–Crippen LogP) is 2.65. The lowest BCUT2D eigenvalue weighted by molar-refractivity contribution is -0.121. The Hall–Kier alpha value is -1.55. The fourth-order valence-corrected chi connectivity index (χ4v) is 2.16. The van der Waals surface area contributed by atoms with Crippen LogP contribution in [0.1, 0.15) is 45.2 Å². The molecule has 1 aromatic rings. The predicted molar refractivity (Wildman–Crippen MR) is 81.9 cm³/mol. The van der Waals surface area contributed by atoms with Crippen molar-refractivity contribution in [1.29, 1.82) is 0 Å². The molecule has 0 fully saturated rings. The van der Waals surface area contributed by atoms with E-state index in [1.165, 1.54) is 0 Å². The molecule has 0 bridgehead atoms. The maximum Gasteiger partial charge on any atom is 0.223 e. The van der Waals surface area contributed by atoms with Gasteiger partial charge in [0.1, 0.15) is 5.75 Å². The van der Waals surface area contributed by atoms with Crippen LogP contribution >= 0.6 is 0 Å². The molecule has 1 rings (SSSR count). The van der Waals surface area contributed by atoms with Gasteiger partial charge in [0.2, 0.25) is 5.91 Å². The Bertz CT molecular complexity index is 407. The number of para-hydroxylation sites is 1. The first-order valence-corrected chi connectivity index (χ1v) is 7.44. The fraction of sp³-hybridized carbons (Fsp3) is 0.562. The third-order valence-electron chi connectivity index (χ3n) is 3.11. The minimum absolute atomic E-state index is 0.0312. The monoisotopic (exact) mass is 278 g/mol. The van der Waals surface area contributed by atoms with Crippen LogP contribution in [0.3, 0.4) is 0 Å². The van der Waals surface area contributed by atoms with Crippen molar-refractivity contribution >= 4 is 5.91 Å². The second-order valence-corrected chi connectivity index (χ2v) is 4.61. The Morgan fingerprint density at radius 2 is 1.95 bits per heavy atom. The number of amides is 1. The molecule has 0 aliphatic heterocycles. The average Bonchev–Trinajstić information content (AvgIpc) is 2.46. The van der Waals surface area contributed by atoms with E-state index < -0.39 is 0 Å². The maximum absolute atomic E-state index is 11.4. The summed E-state index contributed by atoms with van der Waals surface area (Å²) < 4.78 is 5.78. The summed E-state index contributed by atoms with van der Waals surface area (Å²) in [6.07, 6.45) is 1.39. The summed E-state index contributed by atoms with van der Waals surface area (Å²) in [5.74, 6) is 0.897. The van der Waals surface area contributed by atoms with E-state index in [1.54, 1.807) is 0 Å². The zero-order valence-electron chi connectivity index (χ0n) is 12.7. The van der Waals surface area contributed by atoms with Crippen LogP contribution < -0.4 is 15.4 Å². The number of rotatable bonds is 9. The van der Waals surface area contributed by atoms with Crippen LogP contribution in [0.4, 0.5) is 0 Å². The molecule has 112 valence electrons. The third-order valence-corrected chi connectivity index (χ3v) is 3.11. The molecule has 20 heavy (non-hydrogen) atoms. The molecule has 0 saturated carbocycles. The molecule has 1 atom stereocenters. The average molecular weight is 278 g/mol. The van der Waals surface area contributed by atoms with Gasteiger partial charge in [0.15, 0.2) is 0 Å². The summed E-state index contributed by atoms with van der Waals surface area (Å²) in [7, 11) is 0. The number of ether oxygens (including phenoxy) is 1. The van der Waals surface area contributed by atoms with Crippen LogP contribution in [0.25, 0.3) is 0 Å². The Morgan fingerprint density at radius 3 is 2.60 bits per heavy atom. The van der Waals surface area contributed by atoms with Gasteiger partial charge < -0.3 is 15.4 Å². The first kappa shape index (κ1) is 16.5. The van der Waals surface area contributed by atoms with Crippen molar-refractivity contribution in [1.82, 2.24) is 10.6 Å². The quantitative estimate of drug-likeness (QED) is 0.730. The molecule has 1 amide bonds. The highest BCUT2D eigenvalue weighted by Crippen LogP contribution is 2.27. The molecule has 0 spiro atoms. The van der Waals surface area contributed by atoms with Crippen molar-refractivity contribution < 1.29 is 9.53 Å². The number of carbonyl (C=O) groups excluding carboxylic acids is 1. The van der Waals surface area contributed by atoms with Crippen LogP contribution in [-0.2, 0) is 4.79 Å². The highest BCUT2D eigenvalue weighted by atomic mass is 16.5. The van der Waals surface area contributed by atoms with E-state index in [-0.39, 0.29) is 5.91 Å². The Morgan fingerprint density at radius 1 is 1.20 bits per heavy atom. The molecule has 0 radical (unpaired) electrons. The summed E-state index contributed by atoms with van der Waals surface area (Å²) in [6.45, 7) is 8.15. The van der Waals surface area contributed by atoms with Gasteiger partial charge in [-0.1, -0.05) is 32.0 Å². The standard InChI is InChI=1S/C16H26N2O2/c1-4-14(17-5-2)13-9-7-8-10-15(13)20-12-11-16(19)18-6-3/h7-10,14,17H,4-6,11-12H2,1-3H3,(H,18,19). The highest BCUT2D eigenvalue weighted by Gasteiger charge is 2.13. The summed E-state index contributed by atoms with van der Waals surface area (Å²) >= 11 is 0. The summed E-state index contributed by atoms with van der Waals surface area (Å²) in [6, 6.07) is 8.32. The van der Waals surface area contributed by atoms with Crippen molar-refractivity contribution in [2.75, 3.05) is 19.7 Å². The molecule has 0 aliphatic rings. The molecule has 0 aromatic heterocycles. The van der Waals surface area contributed by atoms with E-state index >= 15 is 0 Å². The third kappa shape index (κ3) is 5.21. The molecule has 1 aromatic carbocycles. The second-order valence-electron chi connectivity index (χ2n) is 4.61. The van der Waals surface area contributed by atoms with Gasteiger partial charge in [0.05, 0.1) is 13.0 Å². The van der Waals surface area contributed by atoms with E-state index in [1.807, 2.05) is 25.1 Å². The van der Waals surface area contributed by atoms with Gasteiger partial charge in [-0.2, -0.15) is 0 Å². The topological polar surface area (TPSA) is 50.4 Å². The number of hydrogen-bond acceptors (Lipinski definition) is 3. The molecular weight excluding hydrogens is 252 g/mol. The minimum Gasteiger partial charge on any atom is -0.493 e. The smallest absolute Gasteiger partial charge is 0.223 e. The van der Waals surface area contributed by atoms with Crippen molar-refractivity contribution in [2.45, 2.75) is 39.7 Å². The Labute approximate surface area is 121 Å². The van der Waals surface area contributed by atoms with Crippen LogP contribution in [0.15, 0.2) is 24.3 Å². The molecule has 1 unspecified atom stereocenters. The first-order chi connectivity index (χ1) is 9.72. The van der Waals surface area contributed by atoms with Gasteiger partial charge in [0, 0.05) is 18.2 Å². The maximum atomic E-state index is 11.4. The fourth-order valence-electron chi connectivity index (χ4n) is 2.16. The Balaban J connectivity index is 2.63. The largest absolute Gasteiger partial charge is 0.493 e. The van der Waals surface area contributed by atoms with Crippen LogP contribution in [0.5, 0.6) is 5.75 Å². The molecule has 2 N–H and O–H groups in total. The second kappa shape index (κ2) is 9.37. The van der Waals surface area contributed by atoms with Crippen molar-refractivity contribution in [3.05, 3.63) is 29.8 Å². The van der Waals surface area contributed by atoms with E-state index in [2.05, 4.69) is 30.5 Å².